The van der Waals surface area contributed by atoms with E-state index >= 15 is 0 Å². The summed E-state index contributed by atoms with van der Waals surface area (Å²) < 4.78 is 68.8. The van der Waals surface area contributed by atoms with Crippen LogP contribution in [0.5, 0.6) is 0 Å². The molecular formula is C81H158O17P2. The molecule has 0 heterocycles. The van der Waals surface area contributed by atoms with Gasteiger partial charge < -0.3 is 33.8 Å². The third kappa shape index (κ3) is 74.3. The minimum atomic E-state index is -4.96. The van der Waals surface area contributed by atoms with E-state index in [0.717, 1.165) is 102 Å². The van der Waals surface area contributed by atoms with Crippen molar-refractivity contribution in [3.63, 3.8) is 0 Å². The molecule has 0 aliphatic heterocycles. The smallest absolute Gasteiger partial charge is 0.462 e. The Labute approximate surface area is 613 Å². The van der Waals surface area contributed by atoms with Gasteiger partial charge >= 0.3 is 39.5 Å². The lowest BCUT2D eigenvalue weighted by Crippen LogP contribution is -2.30. The van der Waals surface area contributed by atoms with Gasteiger partial charge in [0.15, 0.2) is 12.2 Å². The monoisotopic (exact) mass is 1470 g/mol. The molecule has 17 nitrogen and oxygen atoms in total. The van der Waals surface area contributed by atoms with Crippen LogP contribution in [0, 0.1) is 11.8 Å². The molecule has 100 heavy (non-hydrogen) atoms. The van der Waals surface area contributed by atoms with Crippen molar-refractivity contribution in [3.8, 4) is 0 Å². The molecule has 0 saturated carbocycles. The second-order valence-electron chi connectivity index (χ2n) is 30.1. The van der Waals surface area contributed by atoms with Crippen molar-refractivity contribution in [2.45, 2.75) is 445 Å². The molecule has 0 rings (SSSR count). The first-order valence-corrected chi connectivity index (χ1v) is 45.0. The Hall–Kier alpha value is -1.94. The molecule has 0 aromatic heterocycles. The van der Waals surface area contributed by atoms with Gasteiger partial charge in [-0.3, -0.25) is 37.3 Å². The lowest BCUT2D eigenvalue weighted by atomic mass is 10.0. The van der Waals surface area contributed by atoms with Gasteiger partial charge in [-0.25, -0.2) is 9.13 Å². The number of unbranched alkanes of at least 4 members (excludes halogenated alkanes) is 50. The highest BCUT2D eigenvalue weighted by molar-refractivity contribution is 7.47. The van der Waals surface area contributed by atoms with Crippen LogP contribution < -0.4 is 0 Å². The molecule has 0 saturated heterocycles. The van der Waals surface area contributed by atoms with Gasteiger partial charge in [0.1, 0.15) is 19.3 Å². The number of carbonyl (C=O) groups is 4. The number of phosphoric acid groups is 2. The fourth-order valence-corrected chi connectivity index (χ4v) is 14.1. The molecule has 0 fully saturated rings. The van der Waals surface area contributed by atoms with Crippen LogP contribution >= 0.6 is 15.6 Å². The summed E-state index contributed by atoms with van der Waals surface area (Å²) in [4.78, 5) is 73.1. The molecule has 19 heteroatoms. The molecule has 5 atom stereocenters. The molecule has 0 amide bonds. The molecule has 0 aliphatic rings. The zero-order valence-electron chi connectivity index (χ0n) is 65.5. The predicted molar refractivity (Wildman–Crippen MR) is 409 cm³/mol. The van der Waals surface area contributed by atoms with E-state index in [4.69, 9.17) is 37.0 Å². The molecule has 0 spiro atoms. The second kappa shape index (κ2) is 72.6. The Bertz CT molecular complexity index is 1920. The molecular weight excluding hydrogens is 1310 g/mol. The maximum absolute atomic E-state index is 13.1. The molecule has 0 radical (unpaired) electrons. The number of esters is 4. The average Bonchev–Trinajstić information content (AvgIpc) is 0.934. The van der Waals surface area contributed by atoms with E-state index < -0.39 is 97.5 Å². The summed E-state index contributed by atoms with van der Waals surface area (Å²) in [6.45, 7) is 9.66. The van der Waals surface area contributed by atoms with Crippen LogP contribution in [-0.2, 0) is 65.4 Å². The zero-order valence-corrected chi connectivity index (χ0v) is 67.3. The molecule has 594 valence electrons. The molecule has 2 unspecified atom stereocenters. The number of aliphatic hydroxyl groups is 1. The first kappa shape index (κ1) is 98.1. The fraction of sp³-hybridized carbons (Fsp3) is 0.951. The highest BCUT2D eigenvalue weighted by atomic mass is 31.2. The van der Waals surface area contributed by atoms with E-state index in [9.17, 15) is 43.2 Å². The number of hydrogen-bond donors (Lipinski definition) is 3. The minimum absolute atomic E-state index is 0.107. The minimum Gasteiger partial charge on any atom is -0.462 e. The summed E-state index contributed by atoms with van der Waals surface area (Å²) in [5.74, 6) is -0.548. The highest BCUT2D eigenvalue weighted by Crippen LogP contribution is 2.45. The Morgan fingerprint density at radius 1 is 0.270 bits per heavy atom. The summed E-state index contributed by atoms with van der Waals surface area (Å²) in [6.07, 6.45) is 62.3. The fourth-order valence-electron chi connectivity index (χ4n) is 12.5. The third-order valence-corrected chi connectivity index (χ3v) is 20.9. The van der Waals surface area contributed by atoms with Gasteiger partial charge in [0, 0.05) is 25.7 Å². The maximum atomic E-state index is 13.1. The van der Waals surface area contributed by atoms with Gasteiger partial charge in [-0.15, -0.1) is 0 Å². The maximum Gasteiger partial charge on any atom is 0.472 e. The van der Waals surface area contributed by atoms with Crippen molar-refractivity contribution in [1.82, 2.24) is 0 Å². The summed E-state index contributed by atoms with van der Waals surface area (Å²) in [7, 11) is -9.92. The number of carbonyl (C=O) groups excluding carboxylic acids is 4. The third-order valence-electron chi connectivity index (χ3n) is 19.0. The first-order valence-electron chi connectivity index (χ1n) is 42.0. The first-order chi connectivity index (χ1) is 48.4. The van der Waals surface area contributed by atoms with Crippen molar-refractivity contribution >= 4 is 39.5 Å². The van der Waals surface area contributed by atoms with E-state index in [1.54, 1.807) is 0 Å². The number of hydrogen-bond acceptors (Lipinski definition) is 15. The zero-order chi connectivity index (χ0) is 73.5. The Balaban J connectivity index is 5.26. The predicted octanol–water partition coefficient (Wildman–Crippen LogP) is 24.3. The van der Waals surface area contributed by atoms with Gasteiger partial charge in [-0.1, -0.05) is 375 Å². The SMILES string of the molecule is CCCCCCCCCCCCCCCCCCCCC(=O)O[C@H](COC(=O)CCCCCCCCCCCCCCC(C)C)COP(=O)(O)OC[C@@H](O)COP(=O)(O)OC[C@@H](COC(=O)CCCCCCCCCCCCCC)OC(=O)CCCCCCCCCCCCCCC(C)C. The molecule has 0 aromatic carbocycles. The highest BCUT2D eigenvalue weighted by Gasteiger charge is 2.30. The van der Waals surface area contributed by atoms with E-state index in [-0.39, 0.29) is 25.7 Å². The Morgan fingerprint density at radius 2 is 0.460 bits per heavy atom. The molecule has 0 aliphatic carbocycles. The summed E-state index contributed by atoms with van der Waals surface area (Å²) in [6, 6.07) is 0. The van der Waals surface area contributed by atoms with Crippen molar-refractivity contribution < 1.29 is 80.2 Å². The summed E-state index contributed by atoms with van der Waals surface area (Å²) in [5, 5.41) is 10.6. The van der Waals surface area contributed by atoms with Crippen LogP contribution in [0.3, 0.4) is 0 Å². The van der Waals surface area contributed by atoms with Crippen LogP contribution in [-0.4, -0.2) is 96.7 Å². The molecule has 0 aromatic rings. The second-order valence-corrected chi connectivity index (χ2v) is 33.0. The lowest BCUT2D eigenvalue weighted by molar-refractivity contribution is -0.161. The van der Waals surface area contributed by atoms with Gasteiger partial charge in [0.2, 0.25) is 0 Å². The molecule has 0 bridgehead atoms. The van der Waals surface area contributed by atoms with Gasteiger partial charge in [0.25, 0.3) is 0 Å². The van der Waals surface area contributed by atoms with Crippen LogP contribution in [0.4, 0.5) is 0 Å². The van der Waals surface area contributed by atoms with Gasteiger partial charge in [-0.2, -0.15) is 0 Å². The largest absolute Gasteiger partial charge is 0.472 e. The lowest BCUT2D eigenvalue weighted by Gasteiger charge is -2.21. The van der Waals surface area contributed by atoms with Gasteiger partial charge in [0.05, 0.1) is 26.4 Å². The van der Waals surface area contributed by atoms with Crippen LogP contribution in [0.1, 0.15) is 427 Å². The summed E-state index contributed by atoms with van der Waals surface area (Å²) in [5.41, 5.74) is 0. The van der Waals surface area contributed by atoms with Crippen molar-refractivity contribution in [3.05, 3.63) is 0 Å². The van der Waals surface area contributed by atoms with Crippen LogP contribution in [0.2, 0.25) is 0 Å². The Morgan fingerprint density at radius 3 is 0.680 bits per heavy atom. The standard InChI is InChI=1S/C81H158O17P2/c1-7-9-11-13-15-17-19-21-22-23-24-25-26-35-41-47-53-59-65-80(85)97-77(70-92-79(84)64-58-52-46-40-34-29-27-31-37-43-49-55-61-73(3)4)72-96-100(89,90)94-68-75(82)67-93-99(87,88)95-71-76(69-91-78(83)63-57-51-45-39-33-20-18-16-14-12-10-8-2)98-81(86)66-60-54-48-42-36-30-28-32-38-44-50-56-62-74(5)6/h73-77,82H,7-72H2,1-6H3,(H,87,88)(H,89,90)/t75-,76+,77+/m0/s1. The number of rotatable bonds is 80. The van der Waals surface area contributed by atoms with E-state index in [2.05, 4.69) is 41.5 Å². The molecule has 3 N–H and O–H groups in total. The number of ether oxygens (including phenoxy) is 4. The average molecular weight is 1470 g/mol. The van der Waals surface area contributed by atoms with Crippen LogP contribution in [0.15, 0.2) is 0 Å². The number of phosphoric ester groups is 2. The topological polar surface area (TPSA) is 237 Å². The van der Waals surface area contributed by atoms with Crippen LogP contribution in [0.25, 0.3) is 0 Å². The van der Waals surface area contributed by atoms with Crippen molar-refractivity contribution in [2.24, 2.45) is 11.8 Å². The van der Waals surface area contributed by atoms with E-state index in [1.165, 1.54) is 244 Å². The summed E-state index contributed by atoms with van der Waals surface area (Å²) >= 11 is 0. The van der Waals surface area contributed by atoms with Gasteiger partial charge in [-0.05, 0) is 37.5 Å². The normalized spacial score (nSPS) is 13.9. The van der Waals surface area contributed by atoms with Crippen molar-refractivity contribution in [1.29, 1.82) is 0 Å². The van der Waals surface area contributed by atoms with Crippen molar-refractivity contribution in [2.75, 3.05) is 39.6 Å². The quantitative estimate of drug-likeness (QED) is 0.0222. The van der Waals surface area contributed by atoms with E-state index in [1.807, 2.05) is 0 Å². The Kier molecular flexibility index (Phi) is 71.2. The van der Waals surface area contributed by atoms with E-state index in [0.29, 0.717) is 25.7 Å². The number of aliphatic hydroxyl groups excluding tert-OH is 1.